The van der Waals surface area contributed by atoms with Crippen molar-refractivity contribution in [3.05, 3.63) is 75.5 Å². The van der Waals surface area contributed by atoms with Gasteiger partial charge in [-0.3, -0.25) is 14.9 Å². The largest absolute Gasteiger partial charge is 0.458 e. The number of fused-ring (bicyclic) bond motifs is 1. The highest BCUT2D eigenvalue weighted by atomic mass is 16.6. The predicted octanol–water partition coefficient (Wildman–Crippen LogP) is 3.29. The van der Waals surface area contributed by atoms with Crippen molar-refractivity contribution < 1.29 is 19.2 Å². The Labute approximate surface area is 149 Å². The van der Waals surface area contributed by atoms with E-state index in [1.807, 2.05) is 18.2 Å². The summed E-state index contributed by atoms with van der Waals surface area (Å²) in [5.74, 6) is -0.169. The lowest BCUT2D eigenvalue weighted by molar-refractivity contribution is -0.385. The number of carbonyl (C=O) groups excluding carboxylic acids is 1. The molecule has 2 aromatic carbocycles. The van der Waals surface area contributed by atoms with Crippen molar-refractivity contribution in [2.45, 2.75) is 19.4 Å². The van der Waals surface area contributed by atoms with Gasteiger partial charge in [-0.05, 0) is 32.0 Å². The summed E-state index contributed by atoms with van der Waals surface area (Å²) in [7, 11) is 0. The second-order valence-electron chi connectivity index (χ2n) is 6.31. The molecule has 1 unspecified atom stereocenters. The fraction of sp³-hybridized carbons (Fsp3) is 0.211. The van der Waals surface area contributed by atoms with Gasteiger partial charge in [-0.25, -0.2) is 0 Å². The minimum absolute atomic E-state index is 0.103. The summed E-state index contributed by atoms with van der Waals surface area (Å²) < 4.78 is 5.65. The van der Waals surface area contributed by atoms with E-state index in [0.717, 1.165) is 5.39 Å². The van der Waals surface area contributed by atoms with Crippen LogP contribution in [0.15, 0.2) is 52.9 Å². The van der Waals surface area contributed by atoms with Gasteiger partial charge in [0.1, 0.15) is 16.9 Å². The molecule has 0 aliphatic heterocycles. The van der Waals surface area contributed by atoms with Gasteiger partial charge in [0.15, 0.2) is 0 Å². The number of hydrogen-bond donors (Lipinski definition) is 2. The second-order valence-corrected chi connectivity index (χ2v) is 6.31. The van der Waals surface area contributed by atoms with E-state index < -0.39 is 16.4 Å². The van der Waals surface area contributed by atoms with Crippen LogP contribution < -0.4 is 5.32 Å². The molecule has 134 valence electrons. The van der Waals surface area contributed by atoms with Crippen LogP contribution in [-0.4, -0.2) is 22.5 Å². The molecule has 7 nitrogen and oxygen atoms in total. The third-order valence-electron chi connectivity index (χ3n) is 4.30. The first-order chi connectivity index (χ1) is 12.3. The zero-order valence-corrected chi connectivity index (χ0v) is 14.4. The highest BCUT2D eigenvalue weighted by molar-refractivity contribution is 5.96. The van der Waals surface area contributed by atoms with Gasteiger partial charge < -0.3 is 14.8 Å². The summed E-state index contributed by atoms with van der Waals surface area (Å²) in [6.07, 6.45) is 0. The topological polar surface area (TPSA) is 106 Å². The Morgan fingerprint density at radius 1 is 1.27 bits per heavy atom. The number of amides is 1. The molecular weight excluding hydrogens is 336 g/mol. The molecule has 0 radical (unpaired) electrons. The Kier molecular flexibility index (Phi) is 4.48. The SMILES string of the molecule is Cc1c(C(=O)NCC(C)(O)c2cc3ccccc3o2)cccc1[N+](=O)[O-]. The van der Waals surface area contributed by atoms with E-state index >= 15 is 0 Å². The summed E-state index contributed by atoms with van der Waals surface area (Å²) in [6.45, 7) is 2.95. The molecule has 3 aromatic rings. The monoisotopic (exact) mass is 354 g/mol. The quantitative estimate of drug-likeness (QED) is 0.540. The van der Waals surface area contributed by atoms with Crippen molar-refractivity contribution in [3.8, 4) is 0 Å². The highest BCUT2D eigenvalue weighted by Gasteiger charge is 2.29. The first kappa shape index (κ1) is 17.6. The predicted molar refractivity (Wildman–Crippen MR) is 96.0 cm³/mol. The second kappa shape index (κ2) is 6.61. The molecule has 0 aliphatic carbocycles. The minimum Gasteiger partial charge on any atom is -0.458 e. The van der Waals surface area contributed by atoms with Crippen LogP contribution >= 0.6 is 0 Å². The first-order valence-corrected chi connectivity index (χ1v) is 8.03. The molecule has 1 atom stereocenters. The number of para-hydroxylation sites is 1. The third kappa shape index (κ3) is 3.29. The van der Waals surface area contributed by atoms with Gasteiger partial charge in [0.2, 0.25) is 0 Å². The van der Waals surface area contributed by atoms with Crippen LogP contribution in [0, 0.1) is 17.0 Å². The first-order valence-electron chi connectivity index (χ1n) is 8.03. The van der Waals surface area contributed by atoms with E-state index in [1.54, 1.807) is 12.1 Å². The van der Waals surface area contributed by atoms with Gasteiger partial charge in [-0.2, -0.15) is 0 Å². The highest BCUT2D eigenvalue weighted by Crippen LogP contribution is 2.28. The molecule has 2 N–H and O–H groups in total. The van der Waals surface area contributed by atoms with Crippen molar-refractivity contribution in [2.75, 3.05) is 6.54 Å². The number of nitrogens with one attached hydrogen (secondary N) is 1. The molecule has 0 saturated carbocycles. The normalized spacial score (nSPS) is 13.3. The summed E-state index contributed by atoms with van der Waals surface area (Å²) in [5, 5.41) is 25.2. The van der Waals surface area contributed by atoms with Crippen LogP contribution in [0.4, 0.5) is 5.69 Å². The van der Waals surface area contributed by atoms with Crippen molar-refractivity contribution in [1.29, 1.82) is 0 Å². The number of aliphatic hydroxyl groups is 1. The van der Waals surface area contributed by atoms with Crippen LogP contribution in [0.5, 0.6) is 0 Å². The zero-order chi connectivity index (χ0) is 18.9. The average molecular weight is 354 g/mol. The van der Waals surface area contributed by atoms with Crippen LogP contribution in [0.25, 0.3) is 11.0 Å². The summed E-state index contributed by atoms with van der Waals surface area (Å²) in [5.41, 5.74) is -0.438. The van der Waals surface area contributed by atoms with Crippen molar-refractivity contribution in [3.63, 3.8) is 0 Å². The maximum Gasteiger partial charge on any atom is 0.273 e. The molecule has 3 rings (SSSR count). The van der Waals surface area contributed by atoms with E-state index in [2.05, 4.69) is 5.32 Å². The lowest BCUT2D eigenvalue weighted by Crippen LogP contribution is -2.38. The van der Waals surface area contributed by atoms with Crippen molar-refractivity contribution in [1.82, 2.24) is 5.32 Å². The van der Waals surface area contributed by atoms with Crippen molar-refractivity contribution >= 4 is 22.6 Å². The van der Waals surface area contributed by atoms with E-state index in [4.69, 9.17) is 4.42 Å². The van der Waals surface area contributed by atoms with Gasteiger partial charge in [-0.15, -0.1) is 0 Å². The minimum atomic E-state index is -1.43. The van der Waals surface area contributed by atoms with Gasteiger partial charge in [0.25, 0.3) is 11.6 Å². The number of nitro groups is 1. The number of nitro benzene ring substituents is 1. The molecule has 0 bridgehead atoms. The molecule has 1 heterocycles. The summed E-state index contributed by atoms with van der Waals surface area (Å²) in [4.78, 5) is 22.9. The molecule has 7 heteroatoms. The number of nitrogens with zero attached hydrogens (tertiary/aromatic N) is 1. The summed E-state index contributed by atoms with van der Waals surface area (Å²) in [6, 6.07) is 13.4. The third-order valence-corrected chi connectivity index (χ3v) is 4.30. The van der Waals surface area contributed by atoms with E-state index in [1.165, 1.54) is 32.0 Å². The number of hydrogen-bond acceptors (Lipinski definition) is 5. The molecular formula is C19H18N2O5. The van der Waals surface area contributed by atoms with Gasteiger partial charge in [0, 0.05) is 22.6 Å². The Hall–Kier alpha value is -3.19. The Morgan fingerprint density at radius 3 is 2.69 bits per heavy atom. The van der Waals surface area contributed by atoms with E-state index in [0.29, 0.717) is 11.3 Å². The zero-order valence-electron chi connectivity index (χ0n) is 14.4. The molecule has 0 fully saturated rings. The maximum atomic E-state index is 12.4. The average Bonchev–Trinajstić information content (AvgIpc) is 3.05. The van der Waals surface area contributed by atoms with Gasteiger partial charge in [0.05, 0.1) is 11.5 Å². The molecule has 26 heavy (non-hydrogen) atoms. The molecule has 0 aliphatic rings. The smallest absolute Gasteiger partial charge is 0.273 e. The fourth-order valence-electron chi connectivity index (χ4n) is 2.75. The summed E-state index contributed by atoms with van der Waals surface area (Å²) >= 11 is 0. The number of furan rings is 1. The standard InChI is InChI=1S/C19H18N2O5/c1-12-14(7-5-8-15(12)21(24)25)18(22)20-11-19(2,23)17-10-13-6-3-4-9-16(13)26-17/h3-10,23H,11H2,1-2H3,(H,20,22). The molecule has 0 spiro atoms. The van der Waals surface area contributed by atoms with Crippen molar-refractivity contribution in [2.24, 2.45) is 0 Å². The Balaban J connectivity index is 1.78. The van der Waals surface area contributed by atoms with E-state index in [-0.39, 0.29) is 23.4 Å². The van der Waals surface area contributed by atoms with Gasteiger partial charge >= 0.3 is 0 Å². The van der Waals surface area contributed by atoms with Crippen LogP contribution in [0.2, 0.25) is 0 Å². The fourth-order valence-corrected chi connectivity index (χ4v) is 2.75. The maximum absolute atomic E-state index is 12.4. The Morgan fingerprint density at radius 2 is 2.00 bits per heavy atom. The molecule has 1 aromatic heterocycles. The molecule has 0 saturated heterocycles. The molecule has 1 amide bonds. The number of benzene rings is 2. The Bertz CT molecular complexity index is 958. The lowest BCUT2D eigenvalue weighted by Gasteiger charge is -2.21. The van der Waals surface area contributed by atoms with E-state index in [9.17, 15) is 20.0 Å². The van der Waals surface area contributed by atoms with Crippen LogP contribution in [-0.2, 0) is 5.60 Å². The van der Waals surface area contributed by atoms with Crippen LogP contribution in [0.3, 0.4) is 0 Å². The number of carbonyl (C=O) groups is 1. The van der Waals surface area contributed by atoms with Gasteiger partial charge in [-0.1, -0.05) is 24.3 Å². The van der Waals surface area contributed by atoms with Crippen LogP contribution in [0.1, 0.15) is 28.6 Å². The number of rotatable bonds is 5. The lowest BCUT2D eigenvalue weighted by atomic mass is 10.0.